The lowest BCUT2D eigenvalue weighted by atomic mass is 10.0. The zero-order valence-corrected chi connectivity index (χ0v) is 22.0. The Morgan fingerprint density at radius 2 is 1.74 bits per heavy atom. The summed E-state index contributed by atoms with van der Waals surface area (Å²) in [7, 11) is 0. The van der Waals surface area contributed by atoms with Crippen LogP contribution in [0.2, 0.25) is 0 Å². The highest BCUT2D eigenvalue weighted by Crippen LogP contribution is 2.33. The molecule has 1 fully saturated rings. The molecule has 1 N–H and O–H groups in total. The Morgan fingerprint density at radius 3 is 2.43 bits per heavy atom. The summed E-state index contributed by atoms with van der Waals surface area (Å²) in [6.07, 6.45) is 3.53. The molecule has 8 heteroatoms. The minimum Gasteiger partial charge on any atom is -0.598 e. The van der Waals surface area contributed by atoms with Gasteiger partial charge in [-0.1, -0.05) is 36.4 Å². The molecular weight excluding hydrogens is 456 g/mol. The zero-order valence-electron chi connectivity index (χ0n) is 21.2. The van der Waals surface area contributed by atoms with Gasteiger partial charge in [-0.15, -0.1) is 9.82 Å². The fourth-order valence-corrected chi connectivity index (χ4v) is 5.42. The molecule has 0 bridgehead atoms. The van der Waals surface area contributed by atoms with Crippen molar-refractivity contribution in [2.24, 2.45) is 0 Å². The molecule has 2 aromatic heterocycles. The number of aromatic nitrogens is 4. The molecule has 1 aliphatic rings. The van der Waals surface area contributed by atoms with E-state index in [2.05, 4.69) is 35.6 Å². The Morgan fingerprint density at radius 1 is 1.03 bits per heavy atom. The normalized spacial score (nSPS) is 16.7. The number of rotatable bonds is 5. The number of aryl methyl sites for hydroxylation is 1. The van der Waals surface area contributed by atoms with Crippen LogP contribution in [0, 0.1) is 6.92 Å². The van der Waals surface area contributed by atoms with Gasteiger partial charge in [-0.05, 0) is 65.5 Å². The Hall–Kier alpha value is -2.68. The monoisotopic (exact) mass is 490 g/mol. The summed E-state index contributed by atoms with van der Waals surface area (Å²) >= 11 is -1.20. The molecule has 0 spiro atoms. The highest BCUT2D eigenvalue weighted by atomic mass is 32.2. The van der Waals surface area contributed by atoms with Gasteiger partial charge in [0.1, 0.15) is 4.75 Å². The number of piperidine rings is 1. The average molecular weight is 491 g/mol. The van der Waals surface area contributed by atoms with E-state index in [1.165, 1.54) is 6.42 Å². The second kappa shape index (κ2) is 9.41. The van der Waals surface area contributed by atoms with Crippen LogP contribution in [0.1, 0.15) is 64.1 Å². The van der Waals surface area contributed by atoms with Crippen molar-refractivity contribution in [2.45, 2.75) is 64.7 Å². The molecule has 0 saturated carbocycles. The molecule has 184 valence electrons. The van der Waals surface area contributed by atoms with Crippen molar-refractivity contribution in [1.29, 1.82) is 0 Å². The summed E-state index contributed by atoms with van der Waals surface area (Å²) in [5.74, 6) is 1.53. The summed E-state index contributed by atoms with van der Waals surface area (Å²) in [4.78, 5) is 12.6. The number of hydrogen-bond donors (Lipinski definition) is 1. The maximum Gasteiger partial charge on any atom is 0.229 e. The van der Waals surface area contributed by atoms with Crippen molar-refractivity contribution in [1.82, 2.24) is 24.3 Å². The van der Waals surface area contributed by atoms with E-state index in [1.807, 2.05) is 55.6 Å². The van der Waals surface area contributed by atoms with Gasteiger partial charge in [0.15, 0.2) is 11.5 Å². The van der Waals surface area contributed by atoms with E-state index >= 15 is 0 Å². The number of nitrogens with zero attached hydrogens (tertiary/aromatic N) is 5. The molecule has 0 amide bonds. The highest BCUT2D eigenvalue weighted by Gasteiger charge is 2.30. The Kier molecular flexibility index (Phi) is 6.46. The van der Waals surface area contributed by atoms with Gasteiger partial charge in [0.05, 0.1) is 11.6 Å². The number of hydrogen-bond acceptors (Lipinski definition) is 6. The smallest absolute Gasteiger partial charge is 0.229 e. The largest absolute Gasteiger partial charge is 0.598 e. The first kappa shape index (κ1) is 24.0. The van der Waals surface area contributed by atoms with Crippen molar-refractivity contribution in [3.05, 3.63) is 53.6 Å². The predicted octanol–water partition coefficient (Wildman–Crippen LogP) is 5.36. The lowest BCUT2D eigenvalue weighted by Crippen LogP contribution is -2.40. The Bertz CT molecular complexity index is 1340. The van der Waals surface area contributed by atoms with Gasteiger partial charge < -0.3 is 9.45 Å². The molecule has 3 heterocycles. The van der Waals surface area contributed by atoms with Gasteiger partial charge in [-0.3, -0.25) is 0 Å². The fourth-order valence-electron chi connectivity index (χ4n) is 4.61. The van der Waals surface area contributed by atoms with Gasteiger partial charge in [-0.25, -0.2) is 9.97 Å². The first-order chi connectivity index (χ1) is 16.7. The SMILES string of the molecule is Cc1cc([C@@H](C)N[S+]([O-])C(C)(C)C)c2nc(N3CCCCC3)n3nc(-c4ccccc4)nc3c2c1. The quantitative estimate of drug-likeness (QED) is 0.380. The lowest BCUT2D eigenvalue weighted by molar-refractivity contribution is 0.531. The summed E-state index contributed by atoms with van der Waals surface area (Å²) in [5.41, 5.74) is 4.83. The molecule has 7 nitrogen and oxygen atoms in total. The number of anilines is 1. The van der Waals surface area contributed by atoms with E-state index in [0.29, 0.717) is 5.82 Å². The molecule has 35 heavy (non-hydrogen) atoms. The zero-order chi connectivity index (χ0) is 24.7. The molecule has 1 unspecified atom stereocenters. The molecule has 0 aliphatic carbocycles. The number of fused-ring (bicyclic) bond motifs is 3. The van der Waals surface area contributed by atoms with E-state index in [9.17, 15) is 4.55 Å². The second-order valence-corrected chi connectivity index (χ2v) is 12.5. The first-order valence-electron chi connectivity index (χ1n) is 12.4. The van der Waals surface area contributed by atoms with Gasteiger partial charge in [-0.2, -0.15) is 4.52 Å². The molecule has 1 saturated heterocycles. The van der Waals surface area contributed by atoms with Crippen LogP contribution in [0.4, 0.5) is 5.95 Å². The maximum atomic E-state index is 12.9. The lowest BCUT2D eigenvalue weighted by Gasteiger charge is -2.29. The molecule has 5 rings (SSSR count). The van der Waals surface area contributed by atoms with Crippen molar-refractivity contribution >= 4 is 33.9 Å². The van der Waals surface area contributed by atoms with Crippen molar-refractivity contribution in [3.63, 3.8) is 0 Å². The van der Waals surface area contributed by atoms with Crippen LogP contribution in [0.25, 0.3) is 27.9 Å². The predicted molar refractivity (Wildman–Crippen MR) is 144 cm³/mol. The maximum absolute atomic E-state index is 12.9. The van der Waals surface area contributed by atoms with Crippen molar-refractivity contribution in [2.75, 3.05) is 18.0 Å². The Labute approximate surface area is 210 Å². The van der Waals surface area contributed by atoms with Crippen molar-refractivity contribution in [3.8, 4) is 11.4 Å². The van der Waals surface area contributed by atoms with E-state index < -0.39 is 11.4 Å². The third-order valence-corrected chi connectivity index (χ3v) is 8.19. The van der Waals surface area contributed by atoms with Crippen LogP contribution in [0.15, 0.2) is 42.5 Å². The Balaban J connectivity index is 1.73. The van der Waals surface area contributed by atoms with E-state index in [4.69, 9.17) is 15.1 Å². The molecule has 1 aliphatic heterocycles. The minimum absolute atomic E-state index is 0.141. The van der Waals surface area contributed by atoms with E-state index in [0.717, 1.165) is 65.1 Å². The molecule has 2 aromatic carbocycles. The summed E-state index contributed by atoms with van der Waals surface area (Å²) in [6.45, 7) is 12.0. The standard InChI is InChI=1S/C27H34N6OS/c1-18-16-21(19(2)31-35(34)27(3,4)5)23-22(17-18)25-29-24(20-12-8-6-9-13-20)30-33(25)26(28-23)32-14-10-7-11-15-32/h6,8-9,12-13,16-17,19,31H,7,10-11,14-15H2,1-5H3/t19-,35?/m1/s1. The average Bonchev–Trinajstić information content (AvgIpc) is 3.29. The van der Waals surface area contributed by atoms with Gasteiger partial charge in [0, 0.05) is 41.0 Å². The van der Waals surface area contributed by atoms with Gasteiger partial charge in [0.2, 0.25) is 5.95 Å². The fraction of sp³-hybridized carbons (Fsp3) is 0.444. The summed E-state index contributed by atoms with van der Waals surface area (Å²) in [5, 5.41) is 5.89. The molecular formula is C27H34N6OS. The van der Waals surface area contributed by atoms with Crippen LogP contribution in [0.5, 0.6) is 0 Å². The van der Waals surface area contributed by atoms with Crippen LogP contribution >= 0.6 is 0 Å². The van der Waals surface area contributed by atoms with Crippen LogP contribution in [-0.4, -0.2) is 42.0 Å². The number of nitrogens with one attached hydrogen (secondary N) is 1. The van der Waals surface area contributed by atoms with Gasteiger partial charge >= 0.3 is 0 Å². The van der Waals surface area contributed by atoms with Gasteiger partial charge in [0.25, 0.3) is 0 Å². The van der Waals surface area contributed by atoms with Crippen LogP contribution in [0.3, 0.4) is 0 Å². The molecule has 4 aromatic rings. The van der Waals surface area contributed by atoms with Crippen LogP contribution in [-0.2, 0) is 11.4 Å². The molecule has 2 atom stereocenters. The molecule has 0 radical (unpaired) electrons. The van der Waals surface area contributed by atoms with E-state index in [-0.39, 0.29) is 10.8 Å². The minimum atomic E-state index is -1.20. The van der Waals surface area contributed by atoms with E-state index in [1.54, 1.807) is 0 Å². The van der Waals surface area contributed by atoms with Crippen LogP contribution < -0.4 is 9.62 Å². The first-order valence-corrected chi connectivity index (χ1v) is 13.6. The topological polar surface area (TPSA) is 81.4 Å². The number of benzene rings is 2. The van der Waals surface area contributed by atoms with Crippen molar-refractivity contribution < 1.29 is 4.55 Å². The summed E-state index contributed by atoms with van der Waals surface area (Å²) in [6, 6.07) is 14.2. The highest BCUT2D eigenvalue weighted by molar-refractivity contribution is 7.90. The third kappa shape index (κ3) is 4.75. The summed E-state index contributed by atoms with van der Waals surface area (Å²) < 4.78 is 17.8. The second-order valence-electron chi connectivity index (χ2n) is 10.5. The third-order valence-electron chi connectivity index (χ3n) is 6.51.